The van der Waals surface area contributed by atoms with Crippen molar-refractivity contribution in [1.29, 1.82) is 0 Å². The van der Waals surface area contributed by atoms with Crippen LogP contribution in [0.5, 0.6) is 0 Å². The van der Waals surface area contributed by atoms with Crippen molar-refractivity contribution < 1.29 is 9.63 Å². The maximum Gasteiger partial charge on any atom is 0.260 e. The molecule has 0 aliphatic heterocycles. The van der Waals surface area contributed by atoms with E-state index in [0.29, 0.717) is 11.1 Å². The first-order chi connectivity index (χ1) is 10.2. The van der Waals surface area contributed by atoms with Gasteiger partial charge >= 0.3 is 0 Å². The van der Waals surface area contributed by atoms with Gasteiger partial charge in [0.25, 0.3) is 5.91 Å². The molecule has 0 spiro atoms. The highest BCUT2D eigenvalue weighted by molar-refractivity contribution is 6.30. The van der Waals surface area contributed by atoms with Crippen LogP contribution in [0.15, 0.2) is 29.4 Å². The lowest BCUT2D eigenvalue weighted by atomic mass is 10.1. The second-order valence-electron chi connectivity index (χ2n) is 5.32. The smallest absolute Gasteiger partial charge is 0.260 e. The van der Waals surface area contributed by atoms with Crippen molar-refractivity contribution in [3.63, 3.8) is 0 Å². The SMILES string of the molecule is O=C(CO/N=C/c1ccc(Cl)cc1)NC1CCCCCC1. The van der Waals surface area contributed by atoms with E-state index in [2.05, 4.69) is 10.5 Å². The molecule has 114 valence electrons. The van der Waals surface area contributed by atoms with Crippen LogP contribution < -0.4 is 5.32 Å². The van der Waals surface area contributed by atoms with Gasteiger partial charge in [-0.05, 0) is 30.5 Å². The molecule has 2 rings (SSSR count). The van der Waals surface area contributed by atoms with Crippen LogP contribution in [0.4, 0.5) is 0 Å². The Bertz CT molecular complexity index is 466. The minimum Gasteiger partial charge on any atom is -0.386 e. The Hall–Kier alpha value is -1.55. The number of rotatable bonds is 5. The lowest BCUT2D eigenvalue weighted by Gasteiger charge is -2.15. The molecule has 0 unspecified atom stereocenters. The summed E-state index contributed by atoms with van der Waals surface area (Å²) in [6.45, 7) is -0.0411. The largest absolute Gasteiger partial charge is 0.386 e. The molecule has 1 aromatic rings. The molecule has 1 amide bonds. The molecule has 1 N–H and O–H groups in total. The fourth-order valence-corrected chi connectivity index (χ4v) is 2.56. The van der Waals surface area contributed by atoms with Crippen molar-refractivity contribution in [2.24, 2.45) is 5.16 Å². The first-order valence-corrected chi connectivity index (χ1v) is 7.82. The summed E-state index contributed by atoms with van der Waals surface area (Å²) < 4.78 is 0. The van der Waals surface area contributed by atoms with Gasteiger partial charge in [-0.2, -0.15) is 0 Å². The summed E-state index contributed by atoms with van der Waals surface area (Å²) in [5.74, 6) is -0.102. The molecule has 0 saturated heterocycles. The third kappa shape index (κ3) is 6.17. The molecule has 1 aliphatic carbocycles. The molecule has 1 aliphatic rings. The van der Waals surface area contributed by atoms with Crippen molar-refractivity contribution in [2.75, 3.05) is 6.61 Å². The van der Waals surface area contributed by atoms with Crippen LogP contribution in [0.1, 0.15) is 44.1 Å². The lowest BCUT2D eigenvalue weighted by Crippen LogP contribution is -2.36. The van der Waals surface area contributed by atoms with Crippen LogP contribution in [0.25, 0.3) is 0 Å². The molecule has 0 atom stereocenters. The Morgan fingerprint density at radius 2 is 1.90 bits per heavy atom. The van der Waals surface area contributed by atoms with Crippen molar-refractivity contribution in [2.45, 2.75) is 44.6 Å². The van der Waals surface area contributed by atoms with Gasteiger partial charge in [0.05, 0.1) is 6.21 Å². The summed E-state index contributed by atoms with van der Waals surface area (Å²) in [5, 5.41) is 7.48. The summed E-state index contributed by atoms with van der Waals surface area (Å²) in [6.07, 6.45) is 8.64. The summed E-state index contributed by atoms with van der Waals surface area (Å²) in [4.78, 5) is 16.8. The van der Waals surface area contributed by atoms with Gasteiger partial charge in [-0.25, -0.2) is 0 Å². The van der Waals surface area contributed by atoms with Crippen molar-refractivity contribution >= 4 is 23.7 Å². The first kappa shape index (κ1) is 15.8. The van der Waals surface area contributed by atoms with E-state index in [9.17, 15) is 4.79 Å². The molecule has 0 heterocycles. The fraction of sp³-hybridized carbons (Fsp3) is 0.500. The third-order valence-corrected chi connectivity index (χ3v) is 3.81. The number of carbonyl (C=O) groups excluding carboxylic acids is 1. The Morgan fingerprint density at radius 3 is 2.57 bits per heavy atom. The second kappa shape index (κ2) is 8.67. The number of oxime groups is 1. The molecule has 0 radical (unpaired) electrons. The number of amides is 1. The molecule has 1 fully saturated rings. The second-order valence-corrected chi connectivity index (χ2v) is 5.75. The van der Waals surface area contributed by atoms with Gasteiger partial charge < -0.3 is 10.2 Å². The minimum absolute atomic E-state index is 0.0411. The number of hydrogen-bond acceptors (Lipinski definition) is 3. The van der Waals surface area contributed by atoms with Crippen LogP contribution >= 0.6 is 11.6 Å². The Labute approximate surface area is 130 Å². The third-order valence-electron chi connectivity index (χ3n) is 3.56. The van der Waals surface area contributed by atoms with Crippen LogP contribution in [0.3, 0.4) is 0 Å². The molecule has 1 aromatic carbocycles. The summed E-state index contributed by atoms with van der Waals surface area (Å²) >= 11 is 5.79. The first-order valence-electron chi connectivity index (χ1n) is 7.44. The Kier molecular flexibility index (Phi) is 6.54. The normalized spacial score (nSPS) is 16.6. The van der Waals surface area contributed by atoms with E-state index in [4.69, 9.17) is 16.4 Å². The molecular weight excluding hydrogens is 288 g/mol. The number of halogens is 1. The highest BCUT2D eigenvalue weighted by Crippen LogP contribution is 2.17. The van der Waals surface area contributed by atoms with Gasteiger partial charge in [0, 0.05) is 11.1 Å². The Morgan fingerprint density at radius 1 is 1.24 bits per heavy atom. The number of nitrogens with zero attached hydrogens (tertiary/aromatic N) is 1. The van der Waals surface area contributed by atoms with Crippen LogP contribution in [-0.4, -0.2) is 24.8 Å². The molecule has 21 heavy (non-hydrogen) atoms. The van der Waals surface area contributed by atoms with E-state index in [1.807, 2.05) is 12.1 Å². The standard InChI is InChI=1S/C16H21ClN2O2/c17-14-9-7-13(8-10-14)11-18-21-12-16(20)19-15-5-3-1-2-4-6-15/h7-11,15H,1-6,12H2,(H,19,20)/b18-11+. The van der Waals surface area contributed by atoms with Gasteiger partial charge in [0.2, 0.25) is 0 Å². The predicted molar refractivity (Wildman–Crippen MR) is 84.6 cm³/mol. The van der Waals surface area contributed by atoms with Crippen molar-refractivity contribution in [1.82, 2.24) is 5.32 Å². The molecule has 1 saturated carbocycles. The number of nitrogens with one attached hydrogen (secondary N) is 1. The minimum atomic E-state index is -0.102. The topological polar surface area (TPSA) is 50.7 Å². The van der Waals surface area contributed by atoms with Gasteiger partial charge in [-0.3, -0.25) is 4.79 Å². The van der Waals surface area contributed by atoms with Crippen LogP contribution in [0, 0.1) is 0 Å². The van der Waals surface area contributed by atoms with E-state index in [1.54, 1.807) is 18.3 Å². The van der Waals surface area contributed by atoms with Gasteiger partial charge in [-0.15, -0.1) is 0 Å². The van der Waals surface area contributed by atoms with Crippen LogP contribution in [-0.2, 0) is 9.63 Å². The summed E-state index contributed by atoms with van der Waals surface area (Å²) in [5.41, 5.74) is 0.878. The zero-order chi connectivity index (χ0) is 14.9. The summed E-state index contributed by atoms with van der Waals surface area (Å²) in [6, 6.07) is 7.52. The van der Waals surface area contributed by atoms with E-state index >= 15 is 0 Å². The molecule has 0 bridgehead atoms. The van der Waals surface area contributed by atoms with E-state index in [1.165, 1.54) is 25.7 Å². The van der Waals surface area contributed by atoms with Crippen molar-refractivity contribution in [3.05, 3.63) is 34.9 Å². The van der Waals surface area contributed by atoms with E-state index in [0.717, 1.165) is 18.4 Å². The molecule has 4 nitrogen and oxygen atoms in total. The lowest BCUT2D eigenvalue weighted by molar-refractivity contribution is -0.126. The summed E-state index contributed by atoms with van der Waals surface area (Å²) in [7, 11) is 0. The fourth-order valence-electron chi connectivity index (χ4n) is 2.44. The van der Waals surface area contributed by atoms with Crippen LogP contribution in [0.2, 0.25) is 5.02 Å². The highest BCUT2D eigenvalue weighted by atomic mass is 35.5. The maximum atomic E-state index is 11.8. The zero-order valence-electron chi connectivity index (χ0n) is 12.1. The van der Waals surface area contributed by atoms with Gasteiger partial charge in [-0.1, -0.05) is 54.6 Å². The predicted octanol–water partition coefficient (Wildman–Crippen LogP) is 3.53. The highest BCUT2D eigenvalue weighted by Gasteiger charge is 2.14. The zero-order valence-corrected chi connectivity index (χ0v) is 12.8. The number of carbonyl (C=O) groups is 1. The monoisotopic (exact) mass is 308 g/mol. The average molecular weight is 309 g/mol. The number of benzene rings is 1. The quantitative estimate of drug-likeness (QED) is 0.514. The van der Waals surface area contributed by atoms with Crippen molar-refractivity contribution in [3.8, 4) is 0 Å². The van der Waals surface area contributed by atoms with E-state index < -0.39 is 0 Å². The molecule has 0 aromatic heterocycles. The maximum absolute atomic E-state index is 11.8. The molecular formula is C16H21ClN2O2. The molecule has 5 heteroatoms. The van der Waals surface area contributed by atoms with E-state index in [-0.39, 0.29) is 12.5 Å². The average Bonchev–Trinajstić information content (AvgIpc) is 2.74. The van der Waals surface area contributed by atoms with Gasteiger partial charge in [0.1, 0.15) is 0 Å². The van der Waals surface area contributed by atoms with Gasteiger partial charge in [0.15, 0.2) is 6.61 Å². The number of hydrogen-bond donors (Lipinski definition) is 1. The Balaban J connectivity index is 1.67.